The summed E-state index contributed by atoms with van der Waals surface area (Å²) in [7, 11) is 0. The van der Waals surface area contributed by atoms with Gasteiger partial charge in [0.1, 0.15) is 0 Å². The molecule has 0 aromatic carbocycles. The molecule has 0 aliphatic rings. The molecule has 0 spiro atoms. The van der Waals surface area contributed by atoms with Crippen LogP contribution in [0.5, 0.6) is 0 Å². The molecule has 24 heavy (non-hydrogen) atoms. The second kappa shape index (κ2) is 20.2. The van der Waals surface area contributed by atoms with E-state index in [1.165, 1.54) is 89.9 Å². The molecule has 0 bridgehead atoms. The molecule has 0 aromatic rings. The van der Waals surface area contributed by atoms with Crippen LogP contribution < -0.4 is 5.43 Å². The average molecular weight is 339 g/mol. The average Bonchev–Trinajstić information content (AvgIpc) is 2.59. The number of hydrogen-bond acceptors (Lipinski definition) is 2. The summed E-state index contributed by atoms with van der Waals surface area (Å²) in [6.07, 6.45) is 22.8. The van der Waals surface area contributed by atoms with Crippen LogP contribution in [0.25, 0.3) is 0 Å². The number of amides is 1. The van der Waals surface area contributed by atoms with Crippen molar-refractivity contribution < 1.29 is 4.79 Å². The van der Waals surface area contributed by atoms with Gasteiger partial charge in [0.05, 0.1) is 0 Å². The Bertz CT molecular complexity index is 290. The number of nitrogens with one attached hydrogen (secondary N) is 1. The smallest absolute Gasteiger partial charge is 0.240 e. The minimum Gasteiger partial charge on any atom is -0.273 e. The molecule has 3 heteroatoms. The molecule has 0 saturated carbocycles. The van der Waals surface area contributed by atoms with Crippen molar-refractivity contribution >= 4 is 12.1 Å². The summed E-state index contributed by atoms with van der Waals surface area (Å²) in [5.74, 6) is 0.0668. The highest BCUT2D eigenvalue weighted by atomic mass is 16.2. The van der Waals surface area contributed by atoms with E-state index in [9.17, 15) is 4.79 Å². The third-order valence-electron chi connectivity index (χ3n) is 4.47. The number of nitrogens with zero attached hydrogens (tertiary/aromatic N) is 1. The molecule has 142 valence electrons. The van der Waals surface area contributed by atoms with Crippen molar-refractivity contribution in [2.24, 2.45) is 5.10 Å². The van der Waals surface area contributed by atoms with Gasteiger partial charge < -0.3 is 0 Å². The van der Waals surface area contributed by atoms with Crippen molar-refractivity contribution in [1.82, 2.24) is 5.43 Å². The van der Waals surface area contributed by atoms with E-state index >= 15 is 0 Å². The van der Waals surface area contributed by atoms with Crippen LogP contribution >= 0.6 is 0 Å². The molecule has 0 saturated heterocycles. The van der Waals surface area contributed by atoms with E-state index in [2.05, 4.69) is 24.4 Å². The van der Waals surface area contributed by atoms with E-state index in [-0.39, 0.29) is 5.91 Å². The van der Waals surface area contributed by atoms with E-state index in [1.54, 1.807) is 0 Å². The molecule has 0 rings (SSSR count). The van der Waals surface area contributed by atoms with Crippen molar-refractivity contribution in [3.63, 3.8) is 0 Å². The molecule has 3 nitrogen and oxygen atoms in total. The van der Waals surface area contributed by atoms with Gasteiger partial charge in [-0.15, -0.1) is 0 Å². The van der Waals surface area contributed by atoms with Gasteiger partial charge in [0.2, 0.25) is 5.91 Å². The first-order valence-electron chi connectivity index (χ1n) is 10.6. The van der Waals surface area contributed by atoms with Gasteiger partial charge in [0.25, 0.3) is 0 Å². The summed E-state index contributed by atoms with van der Waals surface area (Å²) in [5.41, 5.74) is 2.65. The summed E-state index contributed by atoms with van der Waals surface area (Å²) >= 11 is 0. The number of unbranched alkanes of at least 4 members (excludes halogenated alkanes) is 14. The van der Waals surface area contributed by atoms with Gasteiger partial charge in [0.15, 0.2) is 0 Å². The van der Waals surface area contributed by atoms with Gasteiger partial charge in [-0.2, -0.15) is 5.10 Å². The molecule has 0 radical (unpaired) electrons. The summed E-state index contributed by atoms with van der Waals surface area (Å²) in [5, 5.41) is 4.04. The van der Waals surface area contributed by atoms with Crippen LogP contribution in [0.15, 0.2) is 5.10 Å². The second-order valence-corrected chi connectivity index (χ2v) is 6.98. The van der Waals surface area contributed by atoms with Crippen LogP contribution in [0, 0.1) is 0 Å². The first-order valence-corrected chi connectivity index (χ1v) is 10.6. The van der Waals surface area contributed by atoms with E-state index in [0.717, 1.165) is 12.8 Å². The molecule has 0 fully saturated rings. The maximum atomic E-state index is 11.6. The predicted octanol–water partition coefficient (Wildman–Crippen LogP) is 6.76. The fraction of sp³-hybridized carbons (Fsp3) is 0.905. The minimum atomic E-state index is 0.0668. The summed E-state index contributed by atoms with van der Waals surface area (Å²) in [6.45, 7) is 4.49. The van der Waals surface area contributed by atoms with Crippen molar-refractivity contribution in [1.29, 1.82) is 0 Å². The van der Waals surface area contributed by atoms with Crippen LogP contribution in [0.4, 0.5) is 0 Å². The van der Waals surface area contributed by atoms with E-state index in [4.69, 9.17) is 0 Å². The van der Waals surface area contributed by atoms with Crippen LogP contribution in [-0.2, 0) is 4.79 Å². The molecular weight excluding hydrogens is 296 g/mol. The van der Waals surface area contributed by atoms with Gasteiger partial charge in [-0.25, -0.2) is 5.43 Å². The SMILES string of the molecule is CCCCCCCC/C=N/NC(=O)CCCCCCCCCCC. The number of carbonyl (C=O) groups is 1. The Hall–Kier alpha value is -0.860. The van der Waals surface area contributed by atoms with E-state index < -0.39 is 0 Å². The van der Waals surface area contributed by atoms with E-state index in [0.29, 0.717) is 6.42 Å². The van der Waals surface area contributed by atoms with E-state index in [1.807, 2.05) is 6.21 Å². The maximum absolute atomic E-state index is 11.6. The highest BCUT2D eigenvalue weighted by molar-refractivity contribution is 5.76. The lowest BCUT2D eigenvalue weighted by atomic mass is 10.1. The lowest BCUT2D eigenvalue weighted by Gasteiger charge is -2.02. The number of hydrogen-bond donors (Lipinski definition) is 1. The monoisotopic (exact) mass is 338 g/mol. The van der Waals surface area contributed by atoms with Gasteiger partial charge in [-0.3, -0.25) is 4.79 Å². The zero-order valence-corrected chi connectivity index (χ0v) is 16.5. The quantitative estimate of drug-likeness (QED) is 0.167. The Morgan fingerprint density at radius 1 is 0.708 bits per heavy atom. The molecule has 0 aliphatic carbocycles. The molecule has 0 atom stereocenters. The second-order valence-electron chi connectivity index (χ2n) is 6.98. The number of hydrazone groups is 1. The fourth-order valence-electron chi connectivity index (χ4n) is 2.85. The maximum Gasteiger partial charge on any atom is 0.240 e. The predicted molar refractivity (Wildman–Crippen MR) is 106 cm³/mol. The number of carbonyl (C=O) groups excluding carboxylic acids is 1. The molecule has 1 N–H and O–H groups in total. The summed E-state index contributed by atoms with van der Waals surface area (Å²) < 4.78 is 0. The molecule has 0 aliphatic heterocycles. The Labute approximate surface area is 151 Å². The molecule has 0 aromatic heterocycles. The van der Waals surface area contributed by atoms with Gasteiger partial charge in [-0.1, -0.05) is 97.3 Å². The van der Waals surface area contributed by atoms with Crippen LogP contribution in [0.2, 0.25) is 0 Å². The van der Waals surface area contributed by atoms with Crippen LogP contribution in [0.3, 0.4) is 0 Å². The molecule has 0 heterocycles. The summed E-state index contributed by atoms with van der Waals surface area (Å²) in [6, 6.07) is 0. The first-order chi connectivity index (χ1) is 11.8. The normalized spacial score (nSPS) is 11.2. The topological polar surface area (TPSA) is 41.5 Å². The zero-order valence-electron chi connectivity index (χ0n) is 16.5. The minimum absolute atomic E-state index is 0.0668. The van der Waals surface area contributed by atoms with Gasteiger partial charge in [-0.05, 0) is 19.3 Å². The lowest BCUT2D eigenvalue weighted by Crippen LogP contribution is -2.16. The Kier molecular flexibility index (Phi) is 19.5. The molecular formula is C21H42N2O. The lowest BCUT2D eigenvalue weighted by molar-refractivity contribution is -0.121. The Balaban J connectivity index is 3.24. The number of rotatable bonds is 18. The Morgan fingerprint density at radius 2 is 1.17 bits per heavy atom. The Morgan fingerprint density at radius 3 is 1.71 bits per heavy atom. The molecule has 1 amide bonds. The van der Waals surface area contributed by atoms with Crippen molar-refractivity contribution in [2.75, 3.05) is 0 Å². The highest BCUT2D eigenvalue weighted by Crippen LogP contribution is 2.10. The molecule has 0 unspecified atom stereocenters. The zero-order chi connectivity index (χ0) is 17.7. The third kappa shape index (κ3) is 19.2. The standard InChI is InChI=1S/C21H42N2O/c1-3-5-7-9-11-12-13-15-17-19-21(24)23-22-20-18-16-14-10-8-6-4-2/h20H,3-19H2,1-2H3,(H,23,24)/b22-20+. The van der Waals surface area contributed by atoms with Crippen molar-refractivity contribution in [2.45, 2.75) is 123 Å². The van der Waals surface area contributed by atoms with Crippen LogP contribution in [-0.4, -0.2) is 12.1 Å². The van der Waals surface area contributed by atoms with Crippen molar-refractivity contribution in [3.05, 3.63) is 0 Å². The third-order valence-corrected chi connectivity index (χ3v) is 4.47. The first kappa shape index (κ1) is 23.1. The van der Waals surface area contributed by atoms with Gasteiger partial charge >= 0.3 is 0 Å². The van der Waals surface area contributed by atoms with Crippen LogP contribution in [0.1, 0.15) is 123 Å². The van der Waals surface area contributed by atoms with Gasteiger partial charge in [0, 0.05) is 12.6 Å². The largest absolute Gasteiger partial charge is 0.273 e. The fourth-order valence-corrected chi connectivity index (χ4v) is 2.85. The summed E-state index contributed by atoms with van der Waals surface area (Å²) in [4.78, 5) is 11.6. The van der Waals surface area contributed by atoms with Crippen molar-refractivity contribution in [3.8, 4) is 0 Å². The highest BCUT2D eigenvalue weighted by Gasteiger charge is 1.99.